The van der Waals surface area contributed by atoms with Gasteiger partial charge in [0.1, 0.15) is 5.60 Å². The Morgan fingerprint density at radius 2 is 1.90 bits per heavy atom. The zero-order valence-electron chi connectivity index (χ0n) is 28.0. The third-order valence-corrected chi connectivity index (χ3v) is 9.76. The normalized spacial score (nSPS) is 28.3. The fourth-order valence-electron chi connectivity index (χ4n) is 7.69. The highest BCUT2D eigenvalue weighted by Gasteiger charge is 2.50. The molecule has 4 heteroatoms. The average molecular weight is 632 g/mol. The number of fused-ring (bicyclic) bond motifs is 2. The van der Waals surface area contributed by atoms with Crippen molar-refractivity contribution in [2.45, 2.75) is 56.7 Å². The maximum absolute atomic E-state index is 9.99. The van der Waals surface area contributed by atoms with Gasteiger partial charge in [0.05, 0.1) is 24.8 Å². The summed E-state index contributed by atoms with van der Waals surface area (Å²) in [7, 11) is 0. The Kier molecular flexibility index (Phi) is 11.5. The van der Waals surface area contributed by atoms with Crippen LogP contribution < -0.4 is 0 Å². The number of hydrogen-bond acceptors (Lipinski definition) is 4. The minimum Gasteiger partial charge on any atom is -0.365 e. The van der Waals surface area contributed by atoms with Gasteiger partial charge in [-0.1, -0.05) is 129 Å². The van der Waals surface area contributed by atoms with Crippen molar-refractivity contribution >= 4 is 0 Å². The highest BCUT2D eigenvalue weighted by atomic mass is 16.5. The van der Waals surface area contributed by atoms with Crippen molar-refractivity contribution in [1.82, 2.24) is 4.90 Å². The van der Waals surface area contributed by atoms with Crippen LogP contribution in [-0.2, 0) is 4.74 Å². The molecular formula is C44H45N3O. The van der Waals surface area contributed by atoms with Gasteiger partial charge >= 0.3 is 0 Å². The van der Waals surface area contributed by atoms with E-state index in [-0.39, 0.29) is 23.9 Å². The summed E-state index contributed by atoms with van der Waals surface area (Å²) < 4.78 is 7.37. The Balaban J connectivity index is 1.80. The zero-order valence-corrected chi connectivity index (χ0v) is 28.0. The lowest BCUT2D eigenvalue weighted by Crippen LogP contribution is -2.56. The van der Waals surface area contributed by atoms with Gasteiger partial charge in [-0.25, -0.2) is 0 Å². The van der Waals surface area contributed by atoms with E-state index in [1.165, 1.54) is 11.1 Å². The van der Waals surface area contributed by atoms with E-state index >= 15 is 0 Å². The molecule has 0 N–H and O–H groups in total. The van der Waals surface area contributed by atoms with Crippen molar-refractivity contribution in [3.63, 3.8) is 0 Å². The van der Waals surface area contributed by atoms with E-state index in [1.54, 1.807) is 12.2 Å². The van der Waals surface area contributed by atoms with Gasteiger partial charge in [0.15, 0.2) is 0 Å². The van der Waals surface area contributed by atoms with Crippen LogP contribution in [0, 0.1) is 34.5 Å². The molecule has 0 saturated carbocycles. The van der Waals surface area contributed by atoms with Crippen LogP contribution in [0.2, 0.25) is 0 Å². The number of rotatable bonds is 8. The van der Waals surface area contributed by atoms with Crippen molar-refractivity contribution in [2.24, 2.45) is 11.8 Å². The van der Waals surface area contributed by atoms with Crippen LogP contribution in [0.25, 0.3) is 0 Å². The van der Waals surface area contributed by atoms with Crippen molar-refractivity contribution in [3.05, 3.63) is 180 Å². The van der Waals surface area contributed by atoms with Crippen LogP contribution in [0.15, 0.2) is 180 Å². The van der Waals surface area contributed by atoms with Gasteiger partial charge in [-0.15, -0.1) is 0 Å². The summed E-state index contributed by atoms with van der Waals surface area (Å²) in [5.74, 6) is -0.216. The van der Waals surface area contributed by atoms with Crippen molar-refractivity contribution in [1.29, 1.82) is 10.5 Å². The maximum atomic E-state index is 9.99. The molecule has 48 heavy (non-hydrogen) atoms. The first-order valence-corrected chi connectivity index (χ1v) is 16.8. The van der Waals surface area contributed by atoms with Crippen LogP contribution in [-0.4, -0.2) is 29.2 Å². The molecule has 5 atom stereocenters. The summed E-state index contributed by atoms with van der Waals surface area (Å²) in [6.45, 7) is 15.7. The zero-order chi connectivity index (χ0) is 33.9. The topological polar surface area (TPSA) is 60.0 Å². The molecule has 0 bridgehead atoms. The monoisotopic (exact) mass is 631 g/mol. The van der Waals surface area contributed by atoms with Crippen molar-refractivity contribution < 1.29 is 4.74 Å². The number of ether oxygens (including phenoxy) is 1. The van der Waals surface area contributed by atoms with E-state index in [4.69, 9.17) is 4.74 Å². The Hall–Kier alpha value is -5.16. The van der Waals surface area contributed by atoms with Crippen LogP contribution in [0.4, 0.5) is 0 Å². The van der Waals surface area contributed by atoms with Crippen molar-refractivity contribution in [3.8, 4) is 12.1 Å². The minimum atomic E-state index is -0.869. The van der Waals surface area contributed by atoms with E-state index in [0.29, 0.717) is 25.0 Å². The molecule has 0 amide bonds. The molecule has 5 rings (SSSR count). The number of allylic oxidation sites excluding steroid dienone is 17. The first-order chi connectivity index (χ1) is 23.4. The van der Waals surface area contributed by atoms with Crippen LogP contribution >= 0.6 is 0 Å². The fraction of sp³-hybridized carbons (Fsp3) is 0.273. The Morgan fingerprint density at radius 1 is 1.06 bits per heavy atom. The molecule has 2 aliphatic heterocycles. The second kappa shape index (κ2) is 16.1. The molecule has 0 aromatic carbocycles. The largest absolute Gasteiger partial charge is 0.365 e. The predicted octanol–water partition coefficient (Wildman–Crippen LogP) is 9.88. The predicted molar refractivity (Wildman–Crippen MR) is 198 cm³/mol. The van der Waals surface area contributed by atoms with E-state index < -0.39 is 5.60 Å². The Bertz CT molecular complexity index is 1760. The molecule has 3 aliphatic carbocycles. The van der Waals surface area contributed by atoms with Gasteiger partial charge in [0.2, 0.25) is 0 Å². The van der Waals surface area contributed by atoms with E-state index in [2.05, 4.69) is 123 Å². The first-order valence-electron chi connectivity index (χ1n) is 16.8. The Morgan fingerprint density at radius 3 is 2.69 bits per heavy atom. The molecule has 5 aliphatic rings. The molecule has 0 aromatic heterocycles. The summed E-state index contributed by atoms with van der Waals surface area (Å²) in [6, 6.07) is 4.26. The van der Waals surface area contributed by atoms with E-state index in [1.807, 2.05) is 30.4 Å². The van der Waals surface area contributed by atoms with Crippen LogP contribution in [0.3, 0.4) is 0 Å². The third kappa shape index (κ3) is 7.21. The van der Waals surface area contributed by atoms with Gasteiger partial charge in [-0.3, -0.25) is 0 Å². The SMILES string of the molecule is C=C/C=C\CC1(C(C(=C)C)C(/C=C/C#N)N2C(=C)/C=C\C(C#N)=C/CC3C=CC=CCC32)OCC2=C(C=CCC=C2)C2=C1C=CC=CC2. The molecule has 242 valence electrons. The maximum Gasteiger partial charge on any atom is 0.106 e. The van der Waals surface area contributed by atoms with Gasteiger partial charge in [0, 0.05) is 35.2 Å². The molecule has 0 aromatic rings. The lowest BCUT2D eigenvalue weighted by molar-refractivity contribution is -0.0530. The summed E-state index contributed by atoms with van der Waals surface area (Å²) >= 11 is 0. The van der Waals surface area contributed by atoms with E-state index in [0.717, 1.165) is 41.7 Å². The highest BCUT2D eigenvalue weighted by Crippen LogP contribution is 2.49. The molecule has 0 spiro atoms. The van der Waals surface area contributed by atoms with Gasteiger partial charge in [0.25, 0.3) is 0 Å². The lowest BCUT2D eigenvalue weighted by Gasteiger charge is -2.51. The molecule has 0 radical (unpaired) electrons. The molecule has 0 saturated heterocycles. The van der Waals surface area contributed by atoms with Gasteiger partial charge in [-0.2, -0.15) is 10.5 Å². The van der Waals surface area contributed by atoms with E-state index in [9.17, 15) is 10.5 Å². The number of nitrogens with zero attached hydrogens (tertiary/aromatic N) is 3. The van der Waals surface area contributed by atoms with Gasteiger partial charge < -0.3 is 9.64 Å². The molecule has 4 nitrogen and oxygen atoms in total. The molecule has 0 fully saturated rings. The minimum absolute atomic E-state index is 0.00585. The van der Waals surface area contributed by atoms with Crippen LogP contribution in [0.1, 0.15) is 39.0 Å². The number of nitriles is 2. The van der Waals surface area contributed by atoms with Gasteiger partial charge in [-0.05, 0) is 73.5 Å². The Labute approximate surface area is 287 Å². The quantitative estimate of drug-likeness (QED) is 0.152. The lowest BCUT2D eigenvalue weighted by atomic mass is 9.68. The summed E-state index contributed by atoms with van der Waals surface area (Å²) in [6.07, 6.45) is 45.2. The summed E-state index contributed by atoms with van der Waals surface area (Å²) in [5.41, 5.74) is 6.17. The summed E-state index contributed by atoms with van der Waals surface area (Å²) in [4.78, 5) is 2.37. The second-order valence-corrected chi connectivity index (χ2v) is 12.7. The smallest absolute Gasteiger partial charge is 0.106 e. The molecule has 2 heterocycles. The molecule has 5 unspecified atom stereocenters. The summed E-state index contributed by atoms with van der Waals surface area (Å²) in [5, 5.41) is 19.9. The average Bonchev–Trinajstić information content (AvgIpc) is 3.59. The highest BCUT2D eigenvalue weighted by molar-refractivity contribution is 5.59. The number of hydrogen-bond donors (Lipinski definition) is 0. The standard InChI is InChI=1S/C44H45N3O/c1-5-6-16-29-44(40-22-14-9-13-21-39(40)38-20-12-7-11-19-37(38)32-48-44)43(33(2)3)42(24-17-30-45)47-34(4)25-26-35(31-46)27-28-36-18-10-8-15-23-41(36)47/h5-6,8-20,22,24-27,36,41-43H,1-2,4,7,21,23,28-29,32H2,3H3/b16-6-,24-17+,26-25-,35-27+. The second-order valence-electron chi connectivity index (χ2n) is 12.7. The van der Waals surface area contributed by atoms with Crippen LogP contribution in [0.5, 0.6) is 0 Å². The first kappa shape index (κ1) is 34.2. The molecular weight excluding hydrogens is 587 g/mol. The third-order valence-electron chi connectivity index (χ3n) is 9.76. The fourth-order valence-corrected chi connectivity index (χ4v) is 7.69. The van der Waals surface area contributed by atoms with Crippen molar-refractivity contribution in [2.75, 3.05) is 6.61 Å².